The molecule has 3 heterocycles. The van der Waals surface area contributed by atoms with E-state index in [1.54, 1.807) is 36.5 Å². The number of carbonyl (C=O) groups excluding carboxylic acids is 2. The third kappa shape index (κ3) is 4.67. The maximum absolute atomic E-state index is 14.9. The highest BCUT2D eigenvalue weighted by molar-refractivity contribution is 5.90. The first-order chi connectivity index (χ1) is 15.0. The number of benzene rings is 1. The Balaban J connectivity index is 1.40. The molecule has 0 saturated carbocycles. The molecule has 1 aromatic carbocycles. The molecular formula is C20H24FN7O3. The molecule has 1 atom stereocenters. The Morgan fingerprint density at radius 1 is 1.29 bits per heavy atom. The van der Waals surface area contributed by atoms with E-state index in [-0.39, 0.29) is 12.6 Å². The van der Waals surface area contributed by atoms with E-state index in [1.165, 1.54) is 16.0 Å². The summed E-state index contributed by atoms with van der Waals surface area (Å²) in [6.07, 6.45) is 0.670. The fourth-order valence-corrected chi connectivity index (χ4v) is 3.53. The first-order valence-corrected chi connectivity index (χ1v) is 10.0. The third-order valence-corrected chi connectivity index (χ3v) is 5.14. The number of nitrogens with one attached hydrogen (secondary N) is 2. The average molecular weight is 429 g/mol. The minimum atomic E-state index is -0.531. The van der Waals surface area contributed by atoms with E-state index < -0.39 is 18.0 Å². The molecule has 10 nitrogen and oxygen atoms in total. The topological polar surface area (TPSA) is 116 Å². The predicted octanol–water partition coefficient (Wildman–Crippen LogP) is 1.36. The zero-order chi connectivity index (χ0) is 21.8. The highest BCUT2D eigenvalue weighted by atomic mass is 19.1. The molecule has 11 heteroatoms. The number of aromatic nitrogens is 1. The minimum absolute atomic E-state index is 0.216. The molecule has 1 aromatic heterocycles. The maximum Gasteiger partial charge on any atom is 0.414 e. The normalized spacial score (nSPS) is 19.2. The zero-order valence-electron chi connectivity index (χ0n) is 16.8. The molecule has 164 valence electrons. The molecule has 4 rings (SSSR count). The van der Waals surface area contributed by atoms with Gasteiger partial charge >= 0.3 is 12.1 Å². The van der Waals surface area contributed by atoms with Crippen molar-refractivity contribution in [2.75, 3.05) is 54.4 Å². The Morgan fingerprint density at radius 2 is 2.16 bits per heavy atom. The number of nitrogens with zero attached hydrogens (tertiary/aromatic N) is 4. The van der Waals surface area contributed by atoms with Crippen LogP contribution >= 0.6 is 0 Å². The van der Waals surface area contributed by atoms with E-state index in [0.717, 1.165) is 0 Å². The lowest BCUT2D eigenvalue weighted by Crippen LogP contribution is -2.46. The van der Waals surface area contributed by atoms with Gasteiger partial charge in [0.15, 0.2) is 0 Å². The van der Waals surface area contributed by atoms with Crippen LogP contribution in [0.4, 0.5) is 31.2 Å². The summed E-state index contributed by atoms with van der Waals surface area (Å²) in [4.78, 5) is 31.7. The number of nitrogens with two attached hydrogens (primary N) is 1. The van der Waals surface area contributed by atoms with E-state index in [1.807, 2.05) is 4.90 Å². The second-order valence-corrected chi connectivity index (χ2v) is 7.18. The van der Waals surface area contributed by atoms with Gasteiger partial charge in [0.1, 0.15) is 17.7 Å². The average Bonchev–Trinajstić information content (AvgIpc) is 2.99. The number of rotatable bonds is 4. The highest BCUT2D eigenvalue weighted by Crippen LogP contribution is 2.28. The van der Waals surface area contributed by atoms with Crippen molar-refractivity contribution < 1.29 is 18.7 Å². The number of urea groups is 1. The number of hydrogen-bond donors (Lipinski definition) is 3. The molecule has 2 aliphatic rings. The molecule has 2 aromatic rings. The van der Waals surface area contributed by atoms with Crippen LogP contribution in [0.5, 0.6) is 0 Å². The zero-order valence-corrected chi connectivity index (χ0v) is 16.8. The van der Waals surface area contributed by atoms with Gasteiger partial charge in [0.25, 0.3) is 0 Å². The number of carbonyl (C=O) groups is 2. The van der Waals surface area contributed by atoms with Gasteiger partial charge in [0.05, 0.1) is 24.5 Å². The monoisotopic (exact) mass is 429 g/mol. The summed E-state index contributed by atoms with van der Waals surface area (Å²) < 4.78 is 20.0. The number of amides is 3. The van der Waals surface area contributed by atoms with Crippen molar-refractivity contribution >= 4 is 29.3 Å². The lowest BCUT2D eigenvalue weighted by molar-refractivity contribution is 0.145. The molecule has 0 bridgehead atoms. The summed E-state index contributed by atoms with van der Waals surface area (Å²) in [5.74, 6) is 0.00207. The number of cyclic esters (lactones) is 1. The summed E-state index contributed by atoms with van der Waals surface area (Å²) in [7, 11) is 0. The molecule has 31 heavy (non-hydrogen) atoms. The van der Waals surface area contributed by atoms with Gasteiger partial charge in [-0.25, -0.2) is 24.4 Å². The lowest BCUT2D eigenvalue weighted by Gasteiger charge is -2.24. The standard InChI is InChI=1S/C20H24FN7O3/c21-16-11-14(27-13-15(12-22)31-20(27)30)4-5-17(16)26-8-7-24-28(10-9-26)19(29)25-18-3-1-2-6-23-18/h1-6,11,15,24H,7-10,12-13,22H2,(H,23,25,29)/t15-/m0/s1. The molecule has 2 aliphatic heterocycles. The number of anilines is 3. The van der Waals surface area contributed by atoms with E-state index >= 15 is 0 Å². The van der Waals surface area contributed by atoms with Crippen LogP contribution in [0.15, 0.2) is 42.6 Å². The van der Waals surface area contributed by atoms with E-state index in [4.69, 9.17) is 10.5 Å². The van der Waals surface area contributed by atoms with E-state index in [9.17, 15) is 14.0 Å². The third-order valence-electron chi connectivity index (χ3n) is 5.14. The first kappa shape index (κ1) is 20.8. The van der Waals surface area contributed by atoms with Crippen molar-refractivity contribution in [3.05, 3.63) is 48.4 Å². The van der Waals surface area contributed by atoms with Crippen LogP contribution in [0.2, 0.25) is 0 Å². The Hall–Kier alpha value is -3.44. The molecule has 2 saturated heterocycles. The quantitative estimate of drug-likeness (QED) is 0.672. The number of ether oxygens (including phenoxy) is 1. The first-order valence-electron chi connectivity index (χ1n) is 10.0. The van der Waals surface area contributed by atoms with Crippen LogP contribution < -0.4 is 26.3 Å². The van der Waals surface area contributed by atoms with Crippen LogP contribution in [0.1, 0.15) is 0 Å². The Bertz CT molecular complexity index is 946. The second-order valence-electron chi connectivity index (χ2n) is 7.18. The molecular weight excluding hydrogens is 405 g/mol. The van der Waals surface area contributed by atoms with Crippen molar-refractivity contribution in [3.8, 4) is 0 Å². The van der Waals surface area contributed by atoms with Gasteiger partial charge in [-0.3, -0.25) is 15.2 Å². The molecule has 0 radical (unpaired) electrons. The van der Waals surface area contributed by atoms with Gasteiger partial charge in [0, 0.05) is 32.4 Å². The smallest absolute Gasteiger partial charge is 0.414 e. The minimum Gasteiger partial charge on any atom is -0.443 e. The lowest BCUT2D eigenvalue weighted by atomic mass is 10.2. The molecule has 2 fully saturated rings. The molecule has 3 amide bonds. The number of pyridine rings is 1. The predicted molar refractivity (Wildman–Crippen MR) is 113 cm³/mol. The van der Waals surface area contributed by atoms with Crippen molar-refractivity contribution in [2.45, 2.75) is 6.10 Å². The van der Waals surface area contributed by atoms with Gasteiger partial charge in [0.2, 0.25) is 0 Å². The summed E-state index contributed by atoms with van der Waals surface area (Å²) in [6.45, 7) is 2.24. The van der Waals surface area contributed by atoms with Crippen molar-refractivity contribution in [2.24, 2.45) is 5.73 Å². The molecule has 0 spiro atoms. The van der Waals surface area contributed by atoms with Crippen LogP contribution in [-0.2, 0) is 4.74 Å². The Morgan fingerprint density at radius 3 is 2.87 bits per heavy atom. The van der Waals surface area contributed by atoms with Gasteiger partial charge < -0.3 is 15.4 Å². The van der Waals surface area contributed by atoms with Crippen molar-refractivity contribution in [3.63, 3.8) is 0 Å². The fraction of sp³-hybridized carbons (Fsp3) is 0.350. The van der Waals surface area contributed by atoms with Gasteiger partial charge in [-0.05, 0) is 30.3 Å². The van der Waals surface area contributed by atoms with Crippen molar-refractivity contribution in [1.29, 1.82) is 0 Å². The Kier molecular flexibility index (Phi) is 6.14. The summed E-state index contributed by atoms with van der Waals surface area (Å²) >= 11 is 0. The van der Waals surface area contributed by atoms with Crippen LogP contribution in [0.25, 0.3) is 0 Å². The molecule has 0 aliphatic carbocycles. The van der Waals surface area contributed by atoms with Crippen LogP contribution in [-0.4, -0.2) is 67.5 Å². The highest BCUT2D eigenvalue weighted by Gasteiger charge is 2.32. The molecule has 4 N–H and O–H groups in total. The van der Waals surface area contributed by atoms with Crippen LogP contribution in [0.3, 0.4) is 0 Å². The largest absolute Gasteiger partial charge is 0.443 e. The maximum atomic E-state index is 14.9. The summed E-state index contributed by atoms with van der Waals surface area (Å²) in [5.41, 5.74) is 9.42. The summed E-state index contributed by atoms with van der Waals surface area (Å²) in [5, 5.41) is 4.17. The Labute approximate surface area is 178 Å². The summed E-state index contributed by atoms with van der Waals surface area (Å²) in [6, 6.07) is 9.55. The SMILES string of the molecule is NC[C@H]1CN(c2ccc(N3CCNN(C(=O)Nc4ccccn4)CC3)c(F)c2)C(=O)O1. The second kappa shape index (κ2) is 9.14. The number of halogens is 1. The van der Waals surface area contributed by atoms with Gasteiger partial charge in [-0.15, -0.1) is 0 Å². The van der Waals surface area contributed by atoms with Crippen LogP contribution in [0, 0.1) is 5.82 Å². The van der Waals surface area contributed by atoms with E-state index in [0.29, 0.717) is 49.9 Å². The van der Waals surface area contributed by atoms with Gasteiger partial charge in [-0.1, -0.05) is 6.07 Å². The van der Waals surface area contributed by atoms with Crippen molar-refractivity contribution in [1.82, 2.24) is 15.4 Å². The van der Waals surface area contributed by atoms with Gasteiger partial charge in [-0.2, -0.15) is 0 Å². The number of hydrogen-bond acceptors (Lipinski definition) is 7. The fourth-order valence-electron chi connectivity index (χ4n) is 3.53. The number of hydrazine groups is 1. The molecule has 0 unspecified atom stereocenters. The van der Waals surface area contributed by atoms with E-state index in [2.05, 4.69) is 15.7 Å².